The monoisotopic (exact) mass is 495 g/mol. The first-order chi connectivity index (χ1) is 15.3. The first-order valence-corrected chi connectivity index (χ1v) is 12.9. The van der Waals surface area contributed by atoms with E-state index in [2.05, 4.69) is 21.5 Å². The summed E-state index contributed by atoms with van der Waals surface area (Å²) in [4.78, 5) is 6.19. The van der Waals surface area contributed by atoms with E-state index in [0.29, 0.717) is 17.9 Å². The third kappa shape index (κ3) is 5.40. The Labute approximate surface area is 196 Å². The summed E-state index contributed by atoms with van der Waals surface area (Å²) in [6.07, 6.45) is 2.22. The number of likely N-dealkylation sites (tertiary alicyclic amines) is 1. The van der Waals surface area contributed by atoms with Crippen LogP contribution < -0.4 is 9.46 Å². The van der Waals surface area contributed by atoms with Crippen LogP contribution in [0, 0.1) is 11.7 Å². The molecule has 1 aliphatic rings. The highest BCUT2D eigenvalue weighted by Gasteiger charge is 2.29. The zero-order valence-corrected chi connectivity index (χ0v) is 19.8. The number of hydrogen-bond donors (Lipinski definition) is 1. The van der Waals surface area contributed by atoms with Gasteiger partial charge in [-0.1, -0.05) is 36.7 Å². The molecule has 2 aromatic carbocycles. The van der Waals surface area contributed by atoms with Crippen LogP contribution in [0.5, 0.6) is 5.75 Å². The first kappa shape index (κ1) is 23.0. The number of halogens is 2. The van der Waals surface area contributed by atoms with E-state index in [1.165, 1.54) is 35.7 Å². The van der Waals surface area contributed by atoms with Gasteiger partial charge in [-0.15, -0.1) is 11.3 Å². The second-order valence-electron chi connectivity index (χ2n) is 7.78. The Hall–Kier alpha value is -2.20. The number of anilines is 1. The average Bonchev–Trinajstić information content (AvgIpc) is 3.25. The van der Waals surface area contributed by atoms with E-state index >= 15 is 0 Å². The maximum Gasteiger partial charge on any atom is 0.263 e. The van der Waals surface area contributed by atoms with Crippen molar-refractivity contribution < 1.29 is 17.5 Å². The smallest absolute Gasteiger partial charge is 0.263 e. The van der Waals surface area contributed by atoms with Gasteiger partial charge in [-0.05, 0) is 30.7 Å². The molecule has 1 saturated heterocycles. The molecule has 1 N–H and O–H groups in total. The fraction of sp³-hybridized carbons (Fsp3) is 0.318. The van der Waals surface area contributed by atoms with Crippen molar-refractivity contribution in [1.82, 2.24) is 9.88 Å². The Morgan fingerprint density at radius 2 is 2.12 bits per heavy atom. The molecule has 0 radical (unpaired) electrons. The van der Waals surface area contributed by atoms with Gasteiger partial charge in [0, 0.05) is 42.7 Å². The van der Waals surface area contributed by atoms with Crippen LogP contribution in [-0.4, -0.2) is 37.5 Å². The number of piperidine rings is 1. The van der Waals surface area contributed by atoms with E-state index in [1.807, 2.05) is 6.07 Å². The number of hydrogen-bond acceptors (Lipinski definition) is 6. The Balaban J connectivity index is 1.38. The molecule has 0 saturated carbocycles. The number of ether oxygens (including phenoxy) is 1. The lowest BCUT2D eigenvalue weighted by Crippen LogP contribution is -2.44. The number of thiazole rings is 1. The van der Waals surface area contributed by atoms with Gasteiger partial charge in [0.2, 0.25) is 0 Å². The topological polar surface area (TPSA) is 71.5 Å². The van der Waals surface area contributed by atoms with Crippen LogP contribution in [0.25, 0.3) is 0 Å². The van der Waals surface area contributed by atoms with Gasteiger partial charge in [0.1, 0.15) is 17.7 Å². The number of rotatable bonds is 7. The second-order valence-corrected chi connectivity index (χ2v) is 10.8. The zero-order valence-electron chi connectivity index (χ0n) is 17.4. The van der Waals surface area contributed by atoms with Gasteiger partial charge in [-0.2, -0.15) is 0 Å². The van der Waals surface area contributed by atoms with Crippen molar-refractivity contribution in [2.75, 3.05) is 17.8 Å². The highest BCUT2D eigenvalue weighted by molar-refractivity contribution is 7.93. The van der Waals surface area contributed by atoms with Crippen LogP contribution in [0.1, 0.15) is 18.9 Å². The molecule has 32 heavy (non-hydrogen) atoms. The molecular formula is C22H23ClFN3O3S2. The lowest BCUT2D eigenvalue weighted by Gasteiger charge is -2.37. The van der Waals surface area contributed by atoms with Gasteiger partial charge in [-0.25, -0.2) is 17.8 Å². The van der Waals surface area contributed by atoms with Crippen molar-refractivity contribution in [2.45, 2.75) is 30.9 Å². The molecule has 1 unspecified atom stereocenters. The maximum absolute atomic E-state index is 14.0. The van der Waals surface area contributed by atoms with E-state index in [-0.39, 0.29) is 32.9 Å². The first-order valence-electron chi connectivity index (χ1n) is 10.2. The minimum atomic E-state index is -3.79. The van der Waals surface area contributed by atoms with E-state index in [4.69, 9.17) is 16.3 Å². The van der Waals surface area contributed by atoms with Gasteiger partial charge in [0.15, 0.2) is 5.13 Å². The fourth-order valence-corrected chi connectivity index (χ4v) is 5.86. The molecule has 0 spiro atoms. The third-order valence-electron chi connectivity index (χ3n) is 5.41. The molecule has 170 valence electrons. The van der Waals surface area contributed by atoms with E-state index in [9.17, 15) is 12.8 Å². The van der Waals surface area contributed by atoms with E-state index < -0.39 is 10.0 Å². The molecule has 2 atom stereocenters. The lowest BCUT2D eigenvalue weighted by molar-refractivity contribution is 0.0486. The highest BCUT2D eigenvalue weighted by atomic mass is 35.5. The van der Waals surface area contributed by atoms with Gasteiger partial charge >= 0.3 is 0 Å². The van der Waals surface area contributed by atoms with Crippen molar-refractivity contribution >= 4 is 38.1 Å². The van der Waals surface area contributed by atoms with Crippen LogP contribution in [-0.2, 0) is 16.6 Å². The SMILES string of the molecule is CC1CN(Cc2ccccc2F)CC[C@H]1Oc1ccc(S(=O)(=O)Nc2nccs2)cc1Cl. The van der Waals surface area contributed by atoms with Gasteiger partial charge in [0.05, 0.1) is 9.92 Å². The second kappa shape index (κ2) is 9.74. The predicted octanol–water partition coefficient (Wildman–Crippen LogP) is 5.03. The van der Waals surface area contributed by atoms with Crippen molar-refractivity contribution in [3.05, 3.63) is 70.4 Å². The van der Waals surface area contributed by atoms with Crippen LogP contribution >= 0.6 is 22.9 Å². The van der Waals surface area contributed by atoms with Crippen molar-refractivity contribution in [2.24, 2.45) is 5.92 Å². The lowest BCUT2D eigenvalue weighted by atomic mass is 9.96. The molecule has 6 nitrogen and oxygen atoms in total. The maximum atomic E-state index is 14.0. The van der Waals surface area contributed by atoms with Crippen molar-refractivity contribution in [1.29, 1.82) is 0 Å². The van der Waals surface area contributed by atoms with E-state index in [0.717, 1.165) is 19.5 Å². The number of nitrogens with one attached hydrogen (secondary N) is 1. The van der Waals surface area contributed by atoms with Crippen LogP contribution in [0.2, 0.25) is 5.02 Å². The molecule has 1 aliphatic heterocycles. The third-order valence-corrected chi connectivity index (χ3v) is 7.86. The highest BCUT2D eigenvalue weighted by Crippen LogP contribution is 2.32. The fourth-order valence-electron chi connectivity index (χ4n) is 3.75. The Kier molecular flexibility index (Phi) is 6.99. The summed E-state index contributed by atoms with van der Waals surface area (Å²) < 4.78 is 47.6. The van der Waals surface area contributed by atoms with Crippen LogP contribution in [0.15, 0.2) is 58.9 Å². The summed E-state index contributed by atoms with van der Waals surface area (Å²) in [5.41, 5.74) is 0.685. The number of aromatic nitrogens is 1. The van der Waals surface area contributed by atoms with Gasteiger partial charge in [0.25, 0.3) is 10.0 Å². The van der Waals surface area contributed by atoms with Gasteiger partial charge in [-0.3, -0.25) is 9.62 Å². The predicted molar refractivity (Wildman–Crippen MR) is 124 cm³/mol. The molecule has 0 bridgehead atoms. The molecule has 2 heterocycles. The minimum Gasteiger partial charge on any atom is -0.488 e. The molecule has 3 aromatic rings. The quantitative estimate of drug-likeness (QED) is 0.498. The Morgan fingerprint density at radius 3 is 2.81 bits per heavy atom. The standard InChI is InChI=1S/C22H23ClFN3O3S2/c1-15-13-27(14-16-4-2-3-5-19(16)24)10-8-20(15)30-21-7-6-17(12-18(21)23)32(28,29)26-22-25-9-11-31-22/h2-7,9,11-12,15,20H,8,10,13-14H2,1H3,(H,25,26)/t15?,20-/m1/s1. The molecule has 4 rings (SSSR count). The van der Waals surface area contributed by atoms with Crippen LogP contribution in [0.4, 0.5) is 9.52 Å². The molecule has 0 aliphatic carbocycles. The number of sulfonamides is 1. The number of benzene rings is 2. The molecule has 1 fully saturated rings. The Morgan fingerprint density at radius 1 is 1.31 bits per heavy atom. The summed E-state index contributed by atoms with van der Waals surface area (Å²) in [6.45, 7) is 4.18. The van der Waals surface area contributed by atoms with Crippen molar-refractivity contribution in [3.63, 3.8) is 0 Å². The summed E-state index contributed by atoms with van der Waals surface area (Å²) in [5, 5.41) is 2.20. The molecule has 10 heteroatoms. The normalized spacial score (nSPS) is 19.6. The summed E-state index contributed by atoms with van der Waals surface area (Å²) in [7, 11) is -3.79. The van der Waals surface area contributed by atoms with Crippen molar-refractivity contribution in [3.8, 4) is 5.75 Å². The zero-order chi connectivity index (χ0) is 22.7. The Bertz CT molecular complexity index is 1170. The molecular weight excluding hydrogens is 473 g/mol. The van der Waals surface area contributed by atoms with E-state index in [1.54, 1.807) is 23.6 Å². The summed E-state index contributed by atoms with van der Waals surface area (Å²) in [6, 6.07) is 11.2. The largest absolute Gasteiger partial charge is 0.488 e. The molecule has 0 amide bonds. The minimum absolute atomic E-state index is 0.0396. The number of nitrogens with zero attached hydrogens (tertiary/aromatic N) is 2. The van der Waals surface area contributed by atoms with Crippen LogP contribution in [0.3, 0.4) is 0 Å². The average molecular weight is 496 g/mol. The molecule has 1 aromatic heterocycles. The summed E-state index contributed by atoms with van der Waals surface area (Å²) >= 11 is 7.55. The summed E-state index contributed by atoms with van der Waals surface area (Å²) in [5.74, 6) is 0.450. The van der Waals surface area contributed by atoms with Gasteiger partial charge < -0.3 is 4.74 Å².